The van der Waals surface area contributed by atoms with Crippen molar-refractivity contribution < 1.29 is 19.1 Å². The first-order chi connectivity index (χ1) is 13.1. The summed E-state index contributed by atoms with van der Waals surface area (Å²) < 4.78 is 12.5. The number of pyridine rings is 1. The van der Waals surface area contributed by atoms with E-state index in [1.165, 1.54) is 0 Å². The van der Waals surface area contributed by atoms with Crippen LogP contribution in [0, 0.1) is 6.92 Å². The molecule has 1 N–H and O–H groups in total. The van der Waals surface area contributed by atoms with E-state index in [0.29, 0.717) is 23.6 Å². The van der Waals surface area contributed by atoms with Gasteiger partial charge in [-0.15, -0.1) is 0 Å². The second-order valence-electron chi connectivity index (χ2n) is 5.93. The molecule has 3 rings (SSSR count). The molecule has 0 saturated heterocycles. The fraction of sp³-hybridized carbons (Fsp3) is 0.250. The maximum Gasteiger partial charge on any atom is 0.325 e. The number of esters is 1. The summed E-state index contributed by atoms with van der Waals surface area (Å²) in [5, 5.41) is 2.55. The van der Waals surface area contributed by atoms with Crippen molar-refractivity contribution in [3.05, 3.63) is 65.6 Å². The van der Waals surface area contributed by atoms with Crippen molar-refractivity contribution >= 4 is 17.5 Å². The van der Waals surface area contributed by atoms with Gasteiger partial charge in [0.2, 0.25) is 0 Å². The van der Waals surface area contributed by atoms with E-state index in [-0.39, 0.29) is 19.1 Å². The Hall–Kier alpha value is -3.35. The number of carbonyl (C=O) groups is 2. The van der Waals surface area contributed by atoms with Crippen LogP contribution in [0.5, 0.6) is 5.75 Å². The SMILES string of the molecule is CCOc1ccccc1C(=O)NCC(=O)OCc1cn2cccc(C)c2n1. The van der Waals surface area contributed by atoms with E-state index in [9.17, 15) is 9.59 Å². The van der Waals surface area contributed by atoms with Crippen molar-refractivity contribution in [1.29, 1.82) is 0 Å². The van der Waals surface area contributed by atoms with Crippen LogP contribution in [0.1, 0.15) is 28.5 Å². The minimum Gasteiger partial charge on any atom is -0.493 e. The predicted molar refractivity (Wildman–Crippen MR) is 99.7 cm³/mol. The van der Waals surface area contributed by atoms with Gasteiger partial charge in [-0.3, -0.25) is 9.59 Å². The first-order valence-corrected chi connectivity index (χ1v) is 8.67. The van der Waals surface area contributed by atoms with Gasteiger partial charge in [-0.05, 0) is 37.6 Å². The minimum atomic E-state index is -0.536. The molecule has 7 nitrogen and oxygen atoms in total. The normalized spacial score (nSPS) is 10.6. The summed E-state index contributed by atoms with van der Waals surface area (Å²) in [6.07, 6.45) is 3.70. The first kappa shape index (κ1) is 18.4. The Morgan fingerprint density at radius 3 is 2.78 bits per heavy atom. The highest BCUT2D eigenvalue weighted by atomic mass is 16.5. The Kier molecular flexibility index (Phi) is 5.71. The topological polar surface area (TPSA) is 81.9 Å². The maximum absolute atomic E-state index is 12.3. The van der Waals surface area contributed by atoms with E-state index in [4.69, 9.17) is 9.47 Å². The summed E-state index contributed by atoms with van der Waals surface area (Å²) in [4.78, 5) is 28.6. The Balaban J connectivity index is 1.53. The summed E-state index contributed by atoms with van der Waals surface area (Å²) >= 11 is 0. The second kappa shape index (κ2) is 8.35. The van der Waals surface area contributed by atoms with Crippen LogP contribution in [0.3, 0.4) is 0 Å². The molecule has 0 spiro atoms. The summed E-state index contributed by atoms with van der Waals surface area (Å²) in [6, 6.07) is 10.8. The number of imidazole rings is 1. The summed E-state index contributed by atoms with van der Waals surface area (Å²) in [6.45, 7) is 4.07. The molecule has 1 amide bonds. The molecule has 0 saturated carbocycles. The zero-order valence-electron chi connectivity index (χ0n) is 15.3. The number of para-hydroxylation sites is 1. The quantitative estimate of drug-likeness (QED) is 0.649. The highest BCUT2D eigenvalue weighted by molar-refractivity contribution is 5.98. The number of amides is 1. The lowest BCUT2D eigenvalue weighted by Gasteiger charge is -2.10. The van der Waals surface area contributed by atoms with Crippen LogP contribution in [0.15, 0.2) is 48.8 Å². The van der Waals surface area contributed by atoms with Crippen LogP contribution in [0.25, 0.3) is 5.65 Å². The van der Waals surface area contributed by atoms with Crippen molar-refractivity contribution in [3.63, 3.8) is 0 Å². The monoisotopic (exact) mass is 367 g/mol. The van der Waals surface area contributed by atoms with Gasteiger partial charge in [0.1, 0.15) is 24.5 Å². The van der Waals surface area contributed by atoms with Crippen molar-refractivity contribution in [2.24, 2.45) is 0 Å². The van der Waals surface area contributed by atoms with Gasteiger partial charge in [0, 0.05) is 12.4 Å². The smallest absolute Gasteiger partial charge is 0.325 e. The van der Waals surface area contributed by atoms with Crippen molar-refractivity contribution in [2.75, 3.05) is 13.2 Å². The molecule has 140 valence electrons. The Morgan fingerprint density at radius 1 is 1.19 bits per heavy atom. The van der Waals surface area contributed by atoms with Crippen molar-refractivity contribution in [2.45, 2.75) is 20.5 Å². The van der Waals surface area contributed by atoms with Crippen LogP contribution in [-0.4, -0.2) is 34.4 Å². The van der Waals surface area contributed by atoms with Crippen LogP contribution in [0.4, 0.5) is 0 Å². The van der Waals surface area contributed by atoms with E-state index < -0.39 is 5.97 Å². The predicted octanol–water partition coefficient (Wildman–Crippen LogP) is 2.51. The van der Waals surface area contributed by atoms with Crippen LogP contribution < -0.4 is 10.1 Å². The molecule has 1 aromatic carbocycles. The van der Waals surface area contributed by atoms with Crippen molar-refractivity contribution in [1.82, 2.24) is 14.7 Å². The molecular formula is C20H21N3O4. The molecule has 0 aliphatic heterocycles. The van der Waals surface area contributed by atoms with Crippen molar-refractivity contribution in [3.8, 4) is 5.75 Å². The van der Waals surface area contributed by atoms with Gasteiger partial charge in [0.15, 0.2) is 0 Å². The fourth-order valence-electron chi connectivity index (χ4n) is 2.66. The zero-order chi connectivity index (χ0) is 19.2. The summed E-state index contributed by atoms with van der Waals surface area (Å²) in [5.74, 6) is -0.448. The maximum atomic E-state index is 12.3. The lowest BCUT2D eigenvalue weighted by molar-refractivity contribution is -0.143. The molecule has 0 fully saturated rings. The number of benzene rings is 1. The number of carbonyl (C=O) groups excluding carboxylic acids is 2. The number of fused-ring (bicyclic) bond motifs is 1. The standard InChI is InChI=1S/C20H21N3O4/c1-3-26-17-9-5-4-8-16(17)20(25)21-11-18(24)27-13-15-12-23-10-6-7-14(2)19(23)22-15/h4-10,12H,3,11,13H2,1-2H3,(H,21,25). The van der Waals surface area contributed by atoms with E-state index >= 15 is 0 Å². The average molecular weight is 367 g/mol. The lowest BCUT2D eigenvalue weighted by Crippen LogP contribution is -2.30. The largest absolute Gasteiger partial charge is 0.493 e. The third-order valence-electron chi connectivity index (χ3n) is 3.93. The number of nitrogens with zero attached hydrogens (tertiary/aromatic N) is 2. The third-order valence-corrected chi connectivity index (χ3v) is 3.93. The Bertz CT molecular complexity index is 965. The van der Waals surface area contributed by atoms with Crippen LogP contribution in [-0.2, 0) is 16.1 Å². The van der Waals surface area contributed by atoms with Gasteiger partial charge in [0.05, 0.1) is 17.9 Å². The average Bonchev–Trinajstić information content (AvgIpc) is 3.10. The molecule has 7 heteroatoms. The summed E-state index contributed by atoms with van der Waals surface area (Å²) in [7, 11) is 0. The number of hydrogen-bond acceptors (Lipinski definition) is 5. The molecule has 3 aromatic rings. The van der Waals surface area contributed by atoms with Gasteiger partial charge in [-0.2, -0.15) is 0 Å². The lowest BCUT2D eigenvalue weighted by atomic mass is 10.2. The minimum absolute atomic E-state index is 0.0470. The Morgan fingerprint density at radius 2 is 2.00 bits per heavy atom. The molecule has 0 atom stereocenters. The summed E-state index contributed by atoms with van der Waals surface area (Å²) in [5.41, 5.74) is 2.88. The molecule has 0 unspecified atom stereocenters. The molecule has 0 bridgehead atoms. The van der Waals surface area contributed by atoms with Gasteiger partial charge in [-0.25, -0.2) is 4.98 Å². The third kappa shape index (κ3) is 4.44. The van der Waals surface area contributed by atoms with Gasteiger partial charge in [0.25, 0.3) is 5.91 Å². The number of hydrogen-bond donors (Lipinski definition) is 1. The molecule has 0 aliphatic rings. The second-order valence-corrected chi connectivity index (χ2v) is 5.93. The molecule has 27 heavy (non-hydrogen) atoms. The van der Waals surface area contributed by atoms with Crippen LogP contribution in [0.2, 0.25) is 0 Å². The van der Waals surface area contributed by atoms with E-state index in [1.807, 2.05) is 42.8 Å². The Labute approximate surface area is 156 Å². The molecule has 0 radical (unpaired) electrons. The fourth-order valence-corrected chi connectivity index (χ4v) is 2.66. The number of aryl methyl sites for hydroxylation is 1. The molecule has 0 aliphatic carbocycles. The van der Waals surface area contributed by atoms with Gasteiger partial charge in [-0.1, -0.05) is 18.2 Å². The highest BCUT2D eigenvalue weighted by Gasteiger charge is 2.14. The molecule has 2 aromatic heterocycles. The van der Waals surface area contributed by atoms with Crippen LogP contribution >= 0.6 is 0 Å². The number of nitrogens with one attached hydrogen (secondary N) is 1. The highest BCUT2D eigenvalue weighted by Crippen LogP contribution is 2.17. The van der Waals surface area contributed by atoms with Gasteiger partial charge >= 0.3 is 5.97 Å². The first-order valence-electron chi connectivity index (χ1n) is 8.67. The zero-order valence-corrected chi connectivity index (χ0v) is 15.3. The van der Waals surface area contributed by atoms with E-state index in [2.05, 4.69) is 10.3 Å². The molecule has 2 heterocycles. The number of ether oxygens (including phenoxy) is 2. The number of aromatic nitrogens is 2. The van der Waals surface area contributed by atoms with E-state index in [1.54, 1.807) is 24.3 Å². The molecular weight excluding hydrogens is 346 g/mol. The van der Waals surface area contributed by atoms with E-state index in [0.717, 1.165) is 11.2 Å². The van der Waals surface area contributed by atoms with Gasteiger partial charge < -0.3 is 19.2 Å². The number of rotatable bonds is 7.